The van der Waals surface area contributed by atoms with Crippen LogP contribution in [0.15, 0.2) is 18.2 Å². The number of nitrogens with one attached hydrogen (secondary N) is 1. The second kappa shape index (κ2) is 4.25. The van der Waals surface area contributed by atoms with Gasteiger partial charge in [-0.15, -0.1) is 0 Å². The lowest BCUT2D eigenvalue weighted by Gasteiger charge is -2.19. The zero-order chi connectivity index (χ0) is 11.8. The van der Waals surface area contributed by atoms with Crippen LogP contribution < -0.4 is 5.32 Å². The highest BCUT2D eigenvalue weighted by Gasteiger charge is 2.30. The number of hydrogen-bond acceptors (Lipinski definition) is 1. The molecule has 3 heteroatoms. The molecule has 0 bridgehead atoms. The standard InChI is InChI=1S/C13H17ClFN/c1-13(2)6-5-10(8-13)16-12-4-3-9(14)7-11(12)15/h3-4,7,10,16H,5-6,8H2,1-2H3. The van der Waals surface area contributed by atoms with Gasteiger partial charge in [0, 0.05) is 11.1 Å². The Hall–Kier alpha value is -0.760. The van der Waals surface area contributed by atoms with Crippen molar-refractivity contribution >= 4 is 17.3 Å². The van der Waals surface area contributed by atoms with Crippen molar-refractivity contribution in [1.82, 2.24) is 0 Å². The minimum absolute atomic E-state index is 0.266. The number of hydrogen-bond donors (Lipinski definition) is 1. The molecule has 1 fully saturated rings. The van der Waals surface area contributed by atoms with Crippen LogP contribution in [-0.2, 0) is 0 Å². The van der Waals surface area contributed by atoms with E-state index in [4.69, 9.17) is 11.6 Å². The topological polar surface area (TPSA) is 12.0 Å². The summed E-state index contributed by atoms with van der Waals surface area (Å²) in [6.07, 6.45) is 3.39. The lowest BCUT2D eigenvalue weighted by atomic mass is 9.92. The van der Waals surface area contributed by atoms with E-state index in [2.05, 4.69) is 19.2 Å². The Balaban J connectivity index is 2.05. The maximum atomic E-state index is 13.5. The van der Waals surface area contributed by atoms with Gasteiger partial charge < -0.3 is 5.32 Å². The minimum Gasteiger partial charge on any atom is -0.380 e. The molecule has 0 saturated heterocycles. The summed E-state index contributed by atoms with van der Waals surface area (Å²) in [5.74, 6) is -0.266. The monoisotopic (exact) mass is 241 g/mol. The second-order valence-electron chi connectivity index (χ2n) is 5.37. The summed E-state index contributed by atoms with van der Waals surface area (Å²) < 4.78 is 13.5. The third-order valence-electron chi connectivity index (χ3n) is 3.26. The molecule has 0 aliphatic heterocycles. The van der Waals surface area contributed by atoms with Gasteiger partial charge in [0.05, 0.1) is 5.69 Å². The van der Waals surface area contributed by atoms with Gasteiger partial charge in [0.25, 0.3) is 0 Å². The van der Waals surface area contributed by atoms with Crippen LogP contribution in [0.25, 0.3) is 0 Å². The third-order valence-corrected chi connectivity index (χ3v) is 3.49. The summed E-state index contributed by atoms with van der Waals surface area (Å²) in [7, 11) is 0. The molecule has 0 radical (unpaired) electrons. The average molecular weight is 242 g/mol. The van der Waals surface area contributed by atoms with Crippen molar-refractivity contribution in [3.8, 4) is 0 Å². The van der Waals surface area contributed by atoms with E-state index in [0.29, 0.717) is 22.2 Å². The van der Waals surface area contributed by atoms with Gasteiger partial charge in [-0.05, 0) is 42.9 Å². The van der Waals surface area contributed by atoms with Gasteiger partial charge in [0.1, 0.15) is 5.82 Å². The zero-order valence-electron chi connectivity index (χ0n) is 9.69. The highest BCUT2D eigenvalue weighted by atomic mass is 35.5. The second-order valence-corrected chi connectivity index (χ2v) is 5.81. The quantitative estimate of drug-likeness (QED) is 0.806. The molecule has 0 spiro atoms. The van der Waals surface area contributed by atoms with Crippen LogP contribution in [0.2, 0.25) is 5.02 Å². The molecule has 1 aliphatic carbocycles. The van der Waals surface area contributed by atoms with E-state index in [1.54, 1.807) is 12.1 Å². The summed E-state index contributed by atoms with van der Waals surface area (Å²) in [5, 5.41) is 3.70. The largest absolute Gasteiger partial charge is 0.380 e. The Morgan fingerprint density at radius 2 is 2.19 bits per heavy atom. The molecule has 1 aliphatic rings. The molecule has 1 nitrogen and oxygen atoms in total. The van der Waals surface area contributed by atoms with E-state index in [1.807, 2.05) is 0 Å². The van der Waals surface area contributed by atoms with E-state index in [9.17, 15) is 4.39 Å². The first-order chi connectivity index (χ1) is 7.46. The van der Waals surface area contributed by atoms with E-state index in [-0.39, 0.29) is 5.82 Å². The molecule has 88 valence electrons. The minimum atomic E-state index is -0.266. The fourth-order valence-electron chi connectivity index (χ4n) is 2.39. The molecular formula is C13H17ClFN. The SMILES string of the molecule is CC1(C)CCC(Nc2ccc(Cl)cc2F)C1. The van der Waals surface area contributed by atoms with Crippen molar-refractivity contribution in [2.24, 2.45) is 5.41 Å². The smallest absolute Gasteiger partial charge is 0.147 e. The van der Waals surface area contributed by atoms with Crippen molar-refractivity contribution in [2.75, 3.05) is 5.32 Å². The lowest BCUT2D eigenvalue weighted by Crippen LogP contribution is -2.18. The average Bonchev–Trinajstić information content (AvgIpc) is 2.51. The van der Waals surface area contributed by atoms with E-state index < -0.39 is 0 Å². The molecule has 16 heavy (non-hydrogen) atoms. The van der Waals surface area contributed by atoms with Crippen LogP contribution in [0, 0.1) is 11.2 Å². The molecule has 1 aromatic carbocycles. The number of benzene rings is 1. The molecule has 2 rings (SSSR count). The molecular weight excluding hydrogens is 225 g/mol. The van der Waals surface area contributed by atoms with Crippen LogP contribution in [0.4, 0.5) is 10.1 Å². The molecule has 1 N–H and O–H groups in total. The van der Waals surface area contributed by atoms with Crippen molar-refractivity contribution < 1.29 is 4.39 Å². The summed E-state index contributed by atoms with van der Waals surface area (Å²) in [5.41, 5.74) is 0.938. The first-order valence-corrected chi connectivity index (χ1v) is 6.06. The molecule has 1 saturated carbocycles. The van der Waals surface area contributed by atoms with Crippen molar-refractivity contribution in [2.45, 2.75) is 39.2 Å². The summed E-state index contributed by atoms with van der Waals surface area (Å²) in [4.78, 5) is 0. The maximum Gasteiger partial charge on any atom is 0.147 e. The first-order valence-electron chi connectivity index (χ1n) is 5.68. The molecule has 0 amide bonds. The van der Waals surface area contributed by atoms with Crippen LogP contribution >= 0.6 is 11.6 Å². The van der Waals surface area contributed by atoms with Gasteiger partial charge in [-0.25, -0.2) is 4.39 Å². The molecule has 0 aromatic heterocycles. The van der Waals surface area contributed by atoms with E-state index in [0.717, 1.165) is 12.8 Å². The highest BCUT2D eigenvalue weighted by Crippen LogP contribution is 2.38. The third kappa shape index (κ3) is 2.67. The predicted molar refractivity (Wildman–Crippen MR) is 66.5 cm³/mol. The van der Waals surface area contributed by atoms with Crippen LogP contribution in [-0.4, -0.2) is 6.04 Å². The van der Waals surface area contributed by atoms with Crippen LogP contribution in [0.3, 0.4) is 0 Å². The summed E-state index contributed by atoms with van der Waals surface area (Å²) >= 11 is 5.71. The molecule has 1 aromatic rings. The van der Waals surface area contributed by atoms with Gasteiger partial charge >= 0.3 is 0 Å². The molecule has 1 atom stereocenters. The predicted octanol–water partition coefficient (Wildman–Crippen LogP) is 4.47. The Morgan fingerprint density at radius 1 is 1.44 bits per heavy atom. The Kier molecular flexibility index (Phi) is 3.11. The number of halogens is 2. The van der Waals surface area contributed by atoms with Gasteiger partial charge in [0.15, 0.2) is 0 Å². The molecule has 0 heterocycles. The van der Waals surface area contributed by atoms with Crippen molar-refractivity contribution in [1.29, 1.82) is 0 Å². The van der Waals surface area contributed by atoms with Crippen molar-refractivity contribution in [3.63, 3.8) is 0 Å². The normalized spacial score (nSPS) is 23.4. The van der Waals surface area contributed by atoms with Crippen LogP contribution in [0.1, 0.15) is 33.1 Å². The van der Waals surface area contributed by atoms with Crippen molar-refractivity contribution in [3.05, 3.63) is 29.0 Å². The Labute approximate surface area is 101 Å². The molecule has 1 unspecified atom stereocenters. The summed E-state index contributed by atoms with van der Waals surface area (Å²) in [6.45, 7) is 4.51. The van der Waals surface area contributed by atoms with Crippen LogP contribution in [0.5, 0.6) is 0 Å². The van der Waals surface area contributed by atoms with Gasteiger partial charge in [0.2, 0.25) is 0 Å². The fourth-order valence-corrected chi connectivity index (χ4v) is 2.54. The van der Waals surface area contributed by atoms with E-state index >= 15 is 0 Å². The Bertz CT molecular complexity index is 390. The van der Waals surface area contributed by atoms with Gasteiger partial charge in [-0.2, -0.15) is 0 Å². The van der Waals surface area contributed by atoms with Gasteiger partial charge in [-0.1, -0.05) is 25.4 Å². The number of rotatable bonds is 2. The maximum absolute atomic E-state index is 13.5. The first kappa shape index (κ1) is 11.7. The lowest BCUT2D eigenvalue weighted by molar-refractivity contribution is 0.378. The fraction of sp³-hybridized carbons (Fsp3) is 0.538. The van der Waals surface area contributed by atoms with E-state index in [1.165, 1.54) is 12.5 Å². The highest BCUT2D eigenvalue weighted by molar-refractivity contribution is 6.30. The summed E-state index contributed by atoms with van der Waals surface area (Å²) in [6, 6.07) is 5.16. The zero-order valence-corrected chi connectivity index (χ0v) is 10.4. The van der Waals surface area contributed by atoms with Gasteiger partial charge in [-0.3, -0.25) is 0 Å². The Morgan fingerprint density at radius 3 is 2.75 bits per heavy atom. The number of anilines is 1.